The number of nitrogens with zero attached hydrogens (tertiary/aromatic N) is 3. The van der Waals surface area contributed by atoms with Gasteiger partial charge in [-0.3, -0.25) is 4.90 Å². The molecule has 6 heteroatoms. The zero-order valence-electron chi connectivity index (χ0n) is 15.8. The van der Waals surface area contributed by atoms with Crippen molar-refractivity contribution in [1.82, 2.24) is 15.5 Å². The molecule has 6 nitrogen and oxygen atoms in total. The summed E-state index contributed by atoms with van der Waals surface area (Å²) in [6.07, 6.45) is 4.42. The molecule has 142 valence electrons. The van der Waals surface area contributed by atoms with Crippen molar-refractivity contribution in [2.75, 3.05) is 63.9 Å². The number of rotatable bonds is 7. The second-order valence-electron chi connectivity index (χ2n) is 6.62. The van der Waals surface area contributed by atoms with Gasteiger partial charge in [-0.25, -0.2) is 4.99 Å². The lowest BCUT2D eigenvalue weighted by atomic mass is 10.2. The Labute approximate surface area is 156 Å². The molecule has 1 fully saturated rings. The van der Waals surface area contributed by atoms with Gasteiger partial charge in [0.1, 0.15) is 0 Å². The van der Waals surface area contributed by atoms with Gasteiger partial charge in [-0.15, -0.1) is 0 Å². The number of ether oxygens (including phenoxy) is 1. The Morgan fingerprint density at radius 1 is 1.08 bits per heavy atom. The van der Waals surface area contributed by atoms with Gasteiger partial charge in [0.2, 0.25) is 0 Å². The van der Waals surface area contributed by atoms with Crippen molar-refractivity contribution < 1.29 is 4.74 Å². The standard InChI is InChI=1S/C20H31N5O/c1-2-21-20(22-9-12-24-13-15-26-16-14-24)23-17-18-5-7-19(8-6-18)25-10-3-4-11-25/h3-8H,2,9-17H2,1H3,(H2,21,22,23). The molecule has 0 atom stereocenters. The van der Waals surface area contributed by atoms with Crippen molar-refractivity contribution in [1.29, 1.82) is 0 Å². The van der Waals surface area contributed by atoms with Gasteiger partial charge >= 0.3 is 0 Å². The van der Waals surface area contributed by atoms with E-state index in [1.807, 2.05) is 0 Å². The average Bonchev–Trinajstić information content (AvgIpc) is 3.22. The molecule has 2 heterocycles. The fourth-order valence-electron chi connectivity index (χ4n) is 3.17. The van der Waals surface area contributed by atoms with E-state index in [1.165, 1.54) is 11.3 Å². The minimum Gasteiger partial charge on any atom is -0.379 e. The highest BCUT2D eigenvalue weighted by molar-refractivity contribution is 5.79. The van der Waals surface area contributed by atoms with Gasteiger partial charge in [-0.1, -0.05) is 24.3 Å². The van der Waals surface area contributed by atoms with Crippen molar-refractivity contribution in [3.63, 3.8) is 0 Å². The lowest BCUT2D eigenvalue weighted by Crippen LogP contribution is -2.44. The number of guanidine groups is 1. The normalized spacial score (nSPS) is 18.3. The second-order valence-corrected chi connectivity index (χ2v) is 6.62. The van der Waals surface area contributed by atoms with Crippen LogP contribution in [0.15, 0.2) is 41.4 Å². The third-order valence-electron chi connectivity index (χ3n) is 4.71. The maximum Gasteiger partial charge on any atom is 0.191 e. The molecule has 0 saturated carbocycles. The SMILES string of the molecule is CCNC(=NCc1ccc(N2CC=CC2)cc1)NCCN1CCOCC1. The Bertz CT molecular complexity index is 585. The number of benzene rings is 1. The van der Waals surface area contributed by atoms with Crippen LogP contribution in [0, 0.1) is 0 Å². The summed E-state index contributed by atoms with van der Waals surface area (Å²) in [5, 5.41) is 6.76. The van der Waals surface area contributed by atoms with E-state index < -0.39 is 0 Å². The summed E-state index contributed by atoms with van der Waals surface area (Å²) in [5.41, 5.74) is 2.50. The van der Waals surface area contributed by atoms with Gasteiger partial charge in [-0.05, 0) is 24.6 Å². The van der Waals surface area contributed by atoms with Gasteiger partial charge in [0.25, 0.3) is 0 Å². The molecule has 0 aromatic heterocycles. The molecule has 2 aliphatic rings. The molecule has 3 rings (SSSR count). The van der Waals surface area contributed by atoms with Crippen LogP contribution >= 0.6 is 0 Å². The zero-order chi connectivity index (χ0) is 18.0. The van der Waals surface area contributed by atoms with E-state index in [1.54, 1.807) is 0 Å². The number of morpholine rings is 1. The quantitative estimate of drug-likeness (QED) is 0.439. The van der Waals surface area contributed by atoms with E-state index in [9.17, 15) is 0 Å². The summed E-state index contributed by atoms with van der Waals surface area (Å²) < 4.78 is 5.39. The average molecular weight is 358 g/mol. The van der Waals surface area contributed by atoms with Gasteiger partial charge < -0.3 is 20.3 Å². The van der Waals surface area contributed by atoms with Crippen LogP contribution in [0.5, 0.6) is 0 Å². The Balaban J connectivity index is 1.46. The molecule has 0 amide bonds. The molecule has 0 unspecified atom stereocenters. The zero-order valence-corrected chi connectivity index (χ0v) is 15.8. The number of anilines is 1. The summed E-state index contributed by atoms with van der Waals surface area (Å²) in [4.78, 5) is 9.49. The van der Waals surface area contributed by atoms with Crippen LogP contribution in [-0.4, -0.2) is 69.9 Å². The Kier molecular flexibility index (Phi) is 7.34. The van der Waals surface area contributed by atoms with Crippen LogP contribution in [0.25, 0.3) is 0 Å². The van der Waals surface area contributed by atoms with Crippen LogP contribution in [0.3, 0.4) is 0 Å². The van der Waals surface area contributed by atoms with Gasteiger partial charge in [0, 0.05) is 51.5 Å². The summed E-state index contributed by atoms with van der Waals surface area (Å²) >= 11 is 0. The molecule has 0 bridgehead atoms. The molecule has 26 heavy (non-hydrogen) atoms. The van der Waals surface area contributed by atoms with E-state index in [-0.39, 0.29) is 0 Å². The first-order valence-corrected chi connectivity index (χ1v) is 9.66. The number of nitrogens with one attached hydrogen (secondary N) is 2. The molecule has 0 aliphatic carbocycles. The van der Waals surface area contributed by atoms with Crippen LogP contribution in [0.1, 0.15) is 12.5 Å². The summed E-state index contributed by atoms with van der Waals surface area (Å²) in [6, 6.07) is 8.73. The van der Waals surface area contributed by atoms with Crippen molar-refractivity contribution in [2.45, 2.75) is 13.5 Å². The van der Waals surface area contributed by atoms with Crippen LogP contribution in [0.2, 0.25) is 0 Å². The van der Waals surface area contributed by atoms with Crippen molar-refractivity contribution in [3.05, 3.63) is 42.0 Å². The van der Waals surface area contributed by atoms with Crippen LogP contribution in [-0.2, 0) is 11.3 Å². The predicted molar refractivity (Wildman–Crippen MR) is 108 cm³/mol. The largest absolute Gasteiger partial charge is 0.379 e. The Hall–Kier alpha value is -2.05. The molecule has 1 aromatic carbocycles. The number of hydrogen-bond donors (Lipinski definition) is 2. The van der Waals surface area contributed by atoms with Gasteiger partial charge in [-0.2, -0.15) is 0 Å². The smallest absolute Gasteiger partial charge is 0.191 e. The van der Waals surface area contributed by atoms with Crippen molar-refractivity contribution >= 4 is 11.6 Å². The predicted octanol–water partition coefficient (Wildman–Crippen LogP) is 1.45. The first-order valence-electron chi connectivity index (χ1n) is 9.66. The monoisotopic (exact) mass is 357 g/mol. The number of aliphatic imine (C=N–C) groups is 1. The molecule has 2 N–H and O–H groups in total. The lowest BCUT2D eigenvalue weighted by Gasteiger charge is -2.26. The van der Waals surface area contributed by atoms with Crippen LogP contribution < -0.4 is 15.5 Å². The van der Waals surface area contributed by atoms with Crippen molar-refractivity contribution in [3.8, 4) is 0 Å². The summed E-state index contributed by atoms with van der Waals surface area (Å²) in [6.45, 7) is 11.3. The van der Waals surface area contributed by atoms with E-state index >= 15 is 0 Å². The first-order chi connectivity index (χ1) is 12.8. The Morgan fingerprint density at radius 2 is 1.81 bits per heavy atom. The fourth-order valence-corrected chi connectivity index (χ4v) is 3.17. The molecular formula is C20H31N5O. The molecular weight excluding hydrogens is 326 g/mol. The molecule has 0 radical (unpaired) electrons. The van der Waals surface area contributed by atoms with Crippen molar-refractivity contribution in [2.24, 2.45) is 4.99 Å². The topological polar surface area (TPSA) is 52.1 Å². The Morgan fingerprint density at radius 3 is 2.50 bits per heavy atom. The third kappa shape index (κ3) is 5.75. The maximum absolute atomic E-state index is 5.39. The molecule has 1 aromatic rings. The first kappa shape index (κ1) is 18.7. The molecule has 1 saturated heterocycles. The van der Waals surface area contributed by atoms with Crippen LogP contribution in [0.4, 0.5) is 5.69 Å². The van der Waals surface area contributed by atoms with E-state index in [4.69, 9.17) is 9.73 Å². The van der Waals surface area contributed by atoms with Gasteiger partial charge in [0.05, 0.1) is 19.8 Å². The maximum atomic E-state index is 5.39. The van der Waals surface area contributed by atoms with E-state index in [2.05, 4.69) is 63.8 Å². The third-order valence-corrected chi connectivity index (χ3v) is 4.71. The molecule has 2 aliphatic heterocycles. The highest BCUT2D eigenvalue weighted by Gasteiger charge is 2.10. The summed E-state index contributed by atoms with van der Waals surface area (Å²) in [7, 11) is 0. The minimum absolute atomic E-state index is 0.686. The highest BCUT2D eigenvalue weighted by atomic mass is 16.5. The minimum atomic E-state index is 0.686. The lowest BCUT2D eigenvalue weighted by molar-refractivity contribution is 0.0389. The van der Waals surface area contributed by atoms with E-state index in [0.29, 0.717) is 6.54 Å². The number of hydrogen-bond acceptors (Lipinski definition) is 4. The molecule has 0 spiro atoms. The van der Waals surface area contributed by atoms with Gasteiger partial charge in [0.15, 0.2) is 5.96 Å². The second kappa shape index (κ2) is 10.2. The fraction of sp³-hybridized carbons (Fsp3) is 0.550. The highest BCUT2D eigenvalue weighted by Crippen LogP contribution is 2.17. The summed E-state index contributed by atoms with van der Waals surface area (Å²) in [5.74, 6) is 0.883. The van der Waals surface area contributed by atoms with E-state index in [0.717, 1.165) is 65.0 Å².